The highest BCUT2D eigenvalue weighted by atomic mass is 32.1. The number of carbonyl (C=O) groups is 1. The Hall–Kier alpha value is -2.24. The van der Waals surface area contributed by atoms with E-state index in [9.17, 15) is 4.79 Å². The van der Waals surface area contributed by atoms with Gasteiger partial charge in [0.25, 0.3) is 0 Å². The van der Waals surface area contributed by atoms with Crippen molar-refractivity contribution in [2.75, 3.05) is 32.1 Å². The monoisotopic (exact) mass is 409 g/mol. The average molecular weight is 410 g/mol. The van der Waals surface area contributed by atoms with Crippen molar-refractivity contribution in [3.8, 4) is 0 Å². The second-order valence-electron chi connectivity index (χ2n) is 8.21. The summed E-state index contributed by atoms with van der Waals surface area (Å²) in [5.41, 5.74) is 6.94. The van der Waals surface area contributed by atoms with Gasteiger partial charge < -0.3 is 4.90 Å². The molecule has 0 aliphatic heterocycles. The number of anilines is 1. The predicted octanol–water partition coefficient (Wildman–Crippen LogP) is 5.06. The van der Waals surface area contributed by atoms with Crippen molar-refractivity contribution in [1.29, 1.82) is 0 Å². The minimum absolute atomic E-state index is 0.114. The Labute approximate surface area is 178 Å². The van der Waals surface area contributed by atoms with E-state index in [1.165, 1.54) is 22.3 Å². The van der Waals surface area contributed by atoms with Crippen LogP contribution in [0.4, 0.5) is 5.13 Å². The molecule has 5 heteroatoms. The molecular weight excluding hydrogens is 378 g/mol. The maximum absolute atomic E-state index is 13.3. The maximum Gasteiger partial charge on any atom is 0.233 e. The Balaban J connectivity index is 1.90. The molecule has 3 aromatic rings. The van der Waals surface area contributed by atoms with Crippen molar-refractivity contribution in [2.24, 2.45) is 0 Å². The predicted molar refractivity (Wildman–Crippen MR) is 124 cm³/mol. The Morgan fingerprint density at radius 2 is 1.69 bits per heavy atom. The van der Waals surface area contributed by atoms with Gasteiger partial charge in [-0.2, -0.15) is 0 Å². The first-order valence-corrected chi connectivity index (χ1v) is 11.0. The summed E-state index contributed by atoms with van der Waals surface area (Å²) in [6.07, 6.45) is 1.32. The first-order chi connectivity index (χ1) is 13.7. The van der Waals surface area contributed by atoms with Gasteiger partial charge in [-0.05, 0) is 89.1 Å². The number of hydrogen-bond acceptors (Lipinski definition) is 4. The summed E-state index contributed by atoms with van der Waals surface area (Å²) in [5, 5.41) is 0.804. The molecule has 2 aromatic carbocycles. The number of carbonyl (C=O) groups excluding carboxylic acids is 1. The third-order valence-electron chi connectivity index (χ3n) is 5.35. The summed E-state index contributed by atoms with van der Waals surface area (Å²) in [5.74, 6) is 0.114. The zero-order valence-electron chi connectivity index (χ0n) is 18.4. The number of nitrogens with zero attached hydrogens (tertiary/aromatic N) is 3. The van der Waals surface area contributed by atoms with Gasteiger partial charge in [0.1, 0.15) is 0 Å². The van der Waals surface area contributed by atoms with Gasteiger partial charge in [0.2, 0.25) is 5.91 Å². The normalized spacial score (nSPS) is 11.4. The summed E-state index contributed by atoms with van der Waals surface area (Å²) in [7, 11) is 4.12. The van der Waals surface area contributed by atoms with Crippen molar-refractivity contribution in [3.05, 3.63) is 58.1 Å². The second-order valence-corrected chi connectivity index (χ2v) is 9.22. The van der Waals surface area contributed by atoms with E-state index >= 15 is 0 Å². The number of fused-ring (bicyclic) bond motifs is 1. The smallest absolute Gasteiger partial charge is 0.233 e. The van der Waals surface area contributed by atoms with E-state index in [4.69, 9.17) is 4.98 Å². The number of benzene rings is 2. The lowest BCUT2D eigenvalue weighted by molar-refractivity contribution is -0.118. The van der Waals surface area contributed by atoms with Crippen LogP contribution in [0.2, 0.25) is 0 Å². The van der Waals surface area contributed by atoms with Crippen LogP contribution >= 0.6 is 11.3 Å². The third-order valence-corrected chi connectivity index (χ3v) is 6.39. The molecule has 3 rings (SSSR count). The number of aryl methyl sites for hydroxylation is 4. The molecule has 0 spiro atoms. The molecule has 0 saturated carbocycles. The highest BCUT2D eigenvalue weighted by molar-refractivity contribution is 7.22. The molecule has 0 aliphatic carbocycles. The van der Waals surface area contributed by atoms with Crippen LogP contribution in [0.15, 0.2) is 30.3 Å². The van der Waals surface area contributed by atoms with Crippen LogP contribution in [0.5, 0.6) is 0 Å². The number of hydrogen-bond donors (Lipinski definition) is 0. The Morgan fingerprint density at radius 3 is 2.38 bits per heavy atom. The minimum Gasteiger partial charge on any atom is -0.309 e. The van der Waals surface area contributed by atoms with Gasteiger partial charge in [0.15, 0.2) is 5.13 Å². The lowest BCUT2D eigenvalue weighted by Crippen LogP contribution is -2.34. The van der Waals surface area contributed by atoms with Crippen molar-refractivity contribution in [3.63, 3.8) is 0 Å². The van der Waals surface area contributed by atoms with Crippen LogP contribution in [-0.4, -0.2) is 43.0 Å². The van der Waals surface area contributed by atoms with E-state index in [0.29, 0.717) is 13.0 Å². The van der Waals surface area contributed by atoms with Gasteiger partial charge >= 0.3 is 0 Å². The summed E-state index contributed by atoms with van der Waals surface area (Å²) >= 11 is 1.61. The quantitative estimate of drug-likeness (QED) is 0.547. The van der Waals surface area contributed by atoms with E-state index < -0.39 is 0 Å². The molecule has 1 heterocycles. The van der Waals surface area contributed by atoms with Crippen LogP contribution < -0.4 is 4.90 Å². The van der Waals surface area contributed by atoms with E-state index in [1.807, 2.05) is 4.90 Å². The van der Waals surface area contributed by atoms with Crippen LogP contribution in [0.1, 0.15) is 34.2 Å². The van der Waals surface area contributed by atoms with E-state index in [2.05, 4.69) is 77.0 Å². The van der Waals surface area contributed by atoms with E-state index in [-0.39, 0.29) is 5.91 Å². The lowest BCUT2D eigenvalue weighted by Gasteiger charge is -2.21. The maximum atomic E-state index is 13.3. The number of amides is 1. The second kappa shape index (κ2) is 9.06. The molecule has 1 aromatic heterocycles. The molecule has 0 saturated heterocycles. The van der Waals surface area contributed by atoms with E-state index in [0.717, 1.165) is 33.9 Å². The van der Waals surface area contributed by atoms with Gasteiger partial charge in [-0.25, -0.2) is 4.98 Å². The van der Waals surface area contributed by atoms with Crippen molar-refractivity contribution < 1.29 is 4.79 Å². The third kappa shape index (κ3) is 5.22. The SMILES string of the molecule is Cc1ccc(CC(=O)N(CCCN(C)C)c2nc3cc(C)c(C)cc3s2)c(C)c1. The van der Waals surface area contributed by atoms with Crippen molar-refractivity contribution in [1.82, 2.24) is 9.88 Å². The molecular formula is C24H31N3OS. The highest BCUT2D eigenvalue weighted by Crippen LogP contribution is 2.31. The molecule has 0 N–H and O–H groups in total. The first kappa shape index (κ1) is 21.5. The fourth-order valence-electron chi connectivity index (χ4n) is 3.46. The highest BCUT2D eigenvalue weighted by Gasteiger charge is 2.21. The molecule has 0 bridgehead atoms. The zero-order chi connectivity index (χ0) is 21.1. The number of rotatable bonds is 7. The van der Waals surface area contributed by atoms with Gasteiger partial charge in [-0.3, -0.25) is 9.69 Å². The van der Waals surface area contributed by atoms with Crippen molar-refractivity contribution in [2.45, 2.75) is 40.5 Å². The summed E-state index contributed by atoms with van der Waals surface area (Å²) < 4.78 is 1.14. The fraction of sp³-hybridized carbons (Fsp3) is 0.417. The fourth-order valence-corrected chi connectivity index (χ4v) is 4.55. The summed E-state index contributed by atoms with van der Waals surface area (Å²) in [6.45, 7) is 10.0. The first-order valence-electron chi connectivity index (χ1n) is 10.1. The largest absolute Gasteiger partial charge is 0.309 e. The molecule has 0 atom stereocenters. The molecule has 0 fully saturated rings. The molecule has 4 nitrogen and oxygen atoms in total. The molecule has 154 valence electrons. The molecule has 0 aliphatic rings. The Morgan fingerprint density at radius 1 is 0.966 bits per heavy atom. The van der Waals surface area contributed by atoms with Crippen molar-refractivity contribution >= 4 is 32.6 Å². The van der Waals surface area contributed by atoms with Crippen LogP contribution in [0.25, 0.3) is 10.2 Å². The summed E-state index contributed by atoms with van der Waals surface area (Å²) in [4.78, 5) is 22.2. The standard InChI is InChI=1S/C24H31N3OS/c1-16-8-9-20(19(4)12-16)15-23(28)27(11-7-10-26(5)6)24-25-21-13-17(2)18(3)14-22(21)29-24/h8-9,12-14H,7,10-11,15H2,1-6H3. The Bertz CT molecular complexity index is 983. The molecule has 29 heavy (non-hydrogen) atoms. The van der Waals surface area contributed by atoms with Crippen LogP contribution in [0, 0.1) is 27.7 Å². The van der Waals surface area contributed by atoms with Crippen LogP contribution in [-0.2, 0) is 11.2 Å². The Kier molecular flexibility index (Phi) is 6.70. The summed E-state index contributed by atoms with van der Waals surface area (Å²) in [6, 6.07) is 10.6. The van der Waals surface area contributed by atoms with E-state index in [1.54, 1.807) is 11.3 Å². The van der Waals surface area contributed by atoms with Gasteiger partial charge in [0, 0.05) is 6.54 Å². The molecule has 0 radical (unpaired) electrons. The molecule has 0 unspecified atom stereocenters. The number of thiazole rings is 1. The van der Waals surface area contributed by atoms with Gasteiger partial charge in [-0.1, -0.05) is 35.1 Å². The number of aromatic nitrogens is 1. The van der Waals surface area contributed by atoms with Gasteiger partial charge in [0.05, 0.1) is 16.6 Å². The zero-order valence-corrected chi connectivity index (χ0v) is 19.2. The average Bonchev–Trinajstić information content (AvgIpc) is 3.03. The lowest BCUT2D eigenvalue weighted by atomic mass is 10.0. The topological polar surface area (TPSA) is 36.4 Å². The molecule has 1 amide bonds. The van der Waals surface area contributed by atoms with Crippen LogP contribution in [0.3, 0.4) is 0 Å². The van der Waals surface area contributed by atoms with Gasteiger partial charge in [-0.15, -0.1) is 0 Å². The minimum atomic E-state index is 0.114.